The van der Waals surface area contributed by atoms with Crippen LogP contribution >= 0.6 is 0 Å². The molecule has 2 rings (SSSR count). The number of nitrogens with zero attached hydrogens (tertiary/aromatic N) is 1. The predicted octanol–water partition coefficient (Wildman–Crippen LogP) is 2.54. The average molecular weight is 340 g/mol. The fraction of sp³-hybridized carbons (Fsp3) is 0.300. The van der Waals surface area contributed by atoms with Gasteiger partial charge in [0.2, 0.25) is 11.8 Å². The van der Waals surface area contributed by atoms with Gasteiger partial charge in [-0.2, -0.15) is 0 Å². The van der Waals surface area contributed by atoms with Crippen molar-refractivity contribution < 1.29 is 14.3 Å². The summed E-state index contributed by atoms with van der Waals surface area (Å²) >= 11 is 0. The molecule has 2 aromatic rings. The zero-order chi connectivity index (χ0) is 18.1. The van der Waals surface area contributed by atoms with Crippen molar-refractivity contribution >= 4 is 11.8 Å². The van der Waals surface area contributed by atoms with Crippen LogP contribution in [0.15, 0.2) is 60.7 Å². The van der Waals surface area contributed by atoms with E-state index in [9.17, 15) is 9.59 Å². The molecule has 0 saturated heterocycles. The van der Waals surface area contributed by atoms with Gasteiger partial charge in [0.05, 0.1) is 6.61 Å². The van der Waals surface area contributed by atoms with Gasteiger partial charge in [-0.1, -0.05) is 60.7 Å². The van der Waals surface area contributed by atoms with Crippen LogP contribution in [0.1, 0.15) is 24.1 Å². The van der Waals surface area contributed by atoms with Crippen LogP contribution in [0.25, 0.3) is 0 Å². The predicted molar refractivity (Wildman–Crippen MR) is 96.7 cm³/mol. The maximum atomic E-state index is 12.8. The summed E-state index contributed by atoms with van der Waals surface area (Å²) in [6, 6.07) is 18.3. The van der Waals surface area contributed by atoms with Gasteiger partial charge in [0.15, 0.2) is 0 Å². The normalized spacial score (nSPS) is 11.6. The molecule has 132 valence electrons. The Hall–Kier alpha value is -2.66. The van der Waals surface area contributed by atoms with E-state index >= 15 is 0 Å². The Kier molecular flexibility index (Phi) is 7.16. The van der Waals surface area contributed by atoms with Gasteiger partial charge >= 0.3 is 0 Å². The van der Waals surface area contributed by atoms with Crippen LogP contribution < -0.4 is 5.32 Å². The molecule has 0 fully saturated rings. The molecule has 0 bridgehead atoms. The van der Waals surface area contributed by atoms with E-state index in [0.29, 0.717) is 19.7 Å². The molecule has 5 nitrogen and oxygen atoms in total. The Morgan fingerprint density at radius 3 is 2.20 bits per heavy atom. The van der Waals surface area contributed by atoms with Gasteiger partial charge in [-0.3, -0.25) is 9.59 Å². The van der Waals surface area contributed by atoms with Crippen LogP contribution in [-0.2, 0) is 20.9 Å². The van der Waals surface area contributed by atoms with Crippen LogP contribution in [0.4, 0.5) is 0 Å². The quantitative estimate of drug-likeness (QED) is 0.751. The van der Waals surface area contributed by atoms with Gasteiger partial charge in [0.1, 0.15) is 6.04 Å². The third-order valence-electron chi connectivity index (χ3n) is 3.88. The topological polar surface area (TPSA) is 58.6 Å². The fourth-order valence-corrected chi connectivity index (χ4v) is 2.65. The van der Waals surface area contributed by atoms with E-state index in [4.69, 9.17) is 4.74 Å². The smallest absolute Gasteiger partial charge is 0.247 e. The first-order chi connectivity index (χ1) is 12.1. The number of carbonyl (C=O) groups is 2. The van der Waals surface area contributed by atoms with Crippen molar-refractivity contribution in [3.8, 4) is 0 Å². The fourth-order valence-electron chi connectivity index (χ4n) is 2.65. The van der Waals surface area contributed by atoms with Crippen LogP contribution in [0, 0.1) is 0 Å². The lowest BCUT2D eigenvalue weighted by molar-refractivity contribution is -0.140. The number of ether oxygens (including phenoxy) is 1. The minimum Gasteiger partial charge on any atom is -0.383 e. The van der Waals surface area contributed by atoms with E-state index in [2.05, 4.69) is 5.32 Å². The second kappa shape index (κ2) is 9.59. The molecule has 0 aliphatic heterocycles. The van der Waals surface area contributed by atoms with Crippen molar-refractivity contribution in [1.82, 2.24) is 10.2 Å². The minimum absolute atomic E-state index is 0.153. The van der Waals surface area contributed by atoms with Crippen molar-refractivity contribution in [2.24, 2.45) is 0 Å². The van der Waals surface area contributed by atoms with E-state index in [0.717, 1.165) is 11.1 Å². The highest BCUT2D eigenvalue weighted by Crippen LogP contribution is 2.23. The third-order valence-corrected chi connectivity index (χ3v) is 3.88. The minimum atomic E-state index is -0.684. The van der Waals surface area contributed by atoms with Crippen molar-refractivity contribution in [1.29, 1.82) is 0 Å². The van der Waals surface area contributed by atoms with Gasteiger partial charge in [-0.15, -0.1) is 0 Å². The molecule has 0 spiro atoms. The number of hydrogen-bond donors (Lipinski definition) is 1. The molecule has 0 unspecified atom stereocenters. The summed E-state index contributed by atoms with van der Waals surface area (Å²) in [6.45, 7) is 2.68. The van der Waals surface area contributed by atoms with Crippen LogP contribution in [0.3, 0.4) is 0 Å². The molecule has 1 N–H and O–H groups in total. The number of hydrogen-bond acceptors (Lipinski definition) is 3. The molecule has 0 aromatic heterocycles. The number of benzene rings is 2. The molecule has 0 aliphatic carbocycles. The van der Waals surface area contributed by atoms with E-state index in [1.165, 1.54) is 6.92 Å². The summed E-state index contributed by atoms with van der Waals surface area (Å²) < 4.78 is 4.99. The summed E-state index contributed by atoms with van der Waals surface area (Å²) in [4.78, 5) is 26.7. The summed E-state index contributed by atoms with van der Waals surface area (Å²) in [5.41, 5.74) is 1.76. The Labute approximate surface area is 148 Å². The van der Waals surface area contributed by atoms with Crippen molar-refractivity contribution in [3.63, 3.8) is 0 Å². The Morgan fingerprint density at radius 1 is 1.04 bits per heavy atom. The summed E-state index contributed by atoms with van der Waals surface area (Å²) in [7, 11) is 1.58. The molecule has 5 heteroatoms. The number of rotatable bonds is 8. The van der Waals surface area contributed by atoms with Gasteiger partial charge in [0.25, 0.3) is 0 Å². The van der Waals surface area contributed by atoms with Gasteiger partial charge in [-0.05, 0) is 11.1 Å². The zero-order valence-electron chi connectivity index (χ0n) is 14.6. The molecule has 0 aliphatic rings. The first-order valence-corrected chi connectivity index (χ1v) is 8.26. The van der Waals surface area contributed by atoms with Gasteiger partial charge < -0.3 is 15.0 Å². The monoisotopic (exact) mass is 340 g/mol. The molecule has 2 amide bonds. The third kappa shape index (κ3) is 5.43. The number of methoxy groups -OCH3 is 1. The van der Waals surface area contributed by atoms with Crippen molar-refractivity contribution in [2.75, 3.05) is 20.3 Å². The molecule has 0 radical (unpaired) electrons. The van der Waals surface area contributed by atoms with E-state index in [-0.39, 0.29) is 11.8 Å². The van der Waals surface area contributed by atoms with Crippen LogP contribution in [0.5, 0.6) is 0 Å². The molecular weight excluding hydrogens is 316 g/mol. The summed E-state index contributed by atoms with van der Waals surface area (Å²) in [6.07, 6.45) is 0. The Morgan fingerprint density at radius 2 is 1.64 bits per heavy atom. The average Bonchev–Trinajstić information content (AvgIpc) is 2.63. The number of nitrogens with one attached hydrogen (secondary N) is 1. The van der Waals surface area contributed by atoms with Crippen LogP contribution in [0.2, 0.25) is 0 Å². The molecule has 0 heterocycles. The Balaban J connectivity index is 2.29. The van der Waals surface area contributed by atoms with Gasteiger partial charge in [0, 0.05) is 27.1 Å². The maximum Gasteiger partial charge on any atom is 0.247 e. The largest absolute Gasteiger partial charge is 0.383 e. The standard InChI is InChI=1S/C20H24N2O3/c1-16(23)22(15-17-9-5-3-6-10-17)19(18-11-7-4-8-12-18)20(24)21-13-14-25-2/h3-12,19H,13-15H2,1-2H3,(H,21,24)/t19-/m0/s1. The first-order valence-electron chi connectivity index (χ1n) is 8.26. The highest BCUT2D eigenvalue weighted by atomic mass is 16.5. The summed E-state index contributed by atoms with van der Waals surface area (Å²) in [5.74, 6) is -0.367. The molecule has 0 saturated carbocycles. The van der Waals surface area contributed by atoms with E-state index in [1.54, 1.807) is 12.0 Å². The molecular formula is C20H24N2O3. The first kappa shape index (κ1) is 18.7. The maximum absolute atomic E-state index is 12.8. The number of amides is 2. The lowest BCUT2D eigenvalue weighted by Crippen LogP contribution is -2.43. The highest BCUT2D eigenvalue weighted by molar-refractivity contribution is 5.88. The van der Waals surface area contributed by atoms with E-state index < -0.39 is 6.04 Å². The van der Waals surface area contributed by atoms with Crippen molar-refractivity contribution in [2.45, 2.75) is 19.5 Å². The van der Waals surface area contributed by atoms with Crippen molar-refractivity contribution in [3.05, 3.63) is 71.8 Å². The van der Waals surface area contributed by atoms with Gasteiger partial charge in [-0.25, -0.2) is 0 Å². The SMILES string of the molecule is COCCNC(=O)[C@H](c1ccccc1)N(Cc1ccccc1)C(C)=O. The molecule has 25 heavy (non-hydrogen) atoms. The lowest BCUT2D eigenvalue weighted by atomic mass is 10.0. The Bertz CT molecular complexity index is 674. The second-order valence-corrected chi connectivity index (χ2v) is 5.73. The second-order valence-electron chi connectivity index (χ2n) is 5.73. The zero-order valence-corrected chi connectivity index (χ0v) is 14.6. The lowest BCUT2D eigenvalue weighted by Gasteiger charge is -2.30. The highest BCUT2D eigenvalue weighted by Gasteiger charge is 2.29. The summed E-state index contributed by atoms with van der Waals surface area (Å²) in [5, 5.41) is 2.85. The van der Waals surface area contributed by atoms with Crippen LogP contribution in [-0.4, -0.2) is 37.0 Å². The van der Waals surface area contributed by atoms with E-state index in [1.807, 2.05) is 60.7 Å². The molecule has 1 atom stereocenters. The number of carbonyl (C=O) groups excluding carboxylic acids is 2. The molecule has 2 aromatic carbocycles.